The smallest absolute Gasteiger partial charge is 0.191 e. The Morgan fingerprint density at radius 3 is 2.63 bits per heavy atom. The van der Waals surface area contributed by atoms with Gasteiger partial charge >= 0.3 is 0 Å². The molecule has 0 saturated heterocycles. The van der Waals surface area contributed by atoms with Gasteiger partial charge in [0.05, 0.1) is 6.54 Å². The first-order chi connectivity index (χ1) is 13.3. The normalized spacial score (nSPS) is 11.6. The minimum atomic E-state index is 0.613. The van der Waals surface area contributed by atoms with Crippen molar-refractivity contribution in [1.29, 1.82) is 0 Å². The van der Waals surface area contributed by atoms with Gasteiger partial charge < -0.3 is 20.4 Å². The number of pyridine rings is 1. The summed E-state index contributed by atoms with van der Waals surface area (Å²) in [6.45, 7) is 4.47. The van der Waals surface area contributed by atoms with Gasteiger partial charge in [-0.05, 0) is 38.0 Å². The van der Waals surface area contributed by atoms with E-state index in [1.54, 1.807) is 13.2 Å². The lowest BCUT2D eigenvalue weighted by molar-refractivity contribution is 0.534. The molecule has 3 aromatic rings. The molecule has 0 aliphatic rings. The first-order valence-electron chi connectivity index (χ1n) is 9.34. The van der Waals surface area contributed by atoms with E-state index in [1.807, 2.05) is 36.4 Å². The van der Waals surface area contributed by atoms with E-state index in [0.717, 1.165) is 54.4 Å². The average molecular weight is 365 g/mol. The van der Waals surface area contributed by atoms with Crippen LogP contribution in [0, 0.1) is 6.92 Å². The summed E-state index contributed by atoms with van der Waals surface area (Å²) in [4.78, 5) is 8.53. The Morgan fingerprint density at radius 2 is 1.85 bits per heavy atom. The van der Waals surface area contributed by atoms with Crippen molar-refractivity contribution in [1.82, 2.24) is 15.6 Å². The number of unbranched alkanes of at least 4 members (excludes halogenated alkanes) is 1. The Hall–Kier alpha value is -3.02. The molecule has 27 heavy (non-hydrogen) atoms. The van der Waals surface area contributed by atoms with Crippen molar-refractivity contribution in [3.05, 3.63) is 60.0 Å². The Balaban J connectivity index is 1.37. The molecule has 0 atom stereocenters. The number of anilines is 1. The molecular formula is C21H27N5O. The fraction of sp³-hybridized carbons (Fsp3) is 0.333. The van der Waals surface area contributed by atoms with E-state index in [4.69, 9.17) is 4.42 Å². The maximum Gasteiger partial charge on any atom is 0.191 e. The summed E-state index contributed by atoms with van der Waals surface area (Å²) in [5, 5.41) is 11.1. The number of benzene rings is 1. The standard InChI is InChI=1S/C21H27N5O/c1-16-17-9-3-4-10-18(17)27-19(16)15-26-21(22-2)25-14-8-7-13-24-20-11-5-6-12-23-20/h3-6,9-12H,7-8,13-15H2,1-2H3,(H,23,24)(H2,22,25,26). The van der Waals surface area contributed by atoms with Crippen molar-refractivity contribution in [2.45, 2.75) is 26.3 Å². The van der Waals surface area contributed by atoms with E-state index in [1.165, 1.54) is 5.56 Å². The van der Waals surface area contributed by atoms with Crippen LogP contribution in [0.3, 0.4) is 0 Å². The summed E-state index contributed by atoms with van der Waals surface area (Å²) in [7, 11) is 1.78. The first-order valence-corrected chi connectivity index (χ1v) is 9.34. The van der Waals surface area contributed by atoms with Crippen molar-refractivity contribution in [3.8, 4) is 0 Å². The lowest BCUT2D eigenvalue weighted by Crippen LogP contribution is -2.37. The van der Waals surface area contributed by atoms with Crippen LogP contribution < -0.4 is 16.0 Å². The third kappa shape index (κ3) is 5.23. The average Bonchev–Trinajstić information content (AvgIpc) is 3.03. The highest BCUT2D eigenvalue weighted by Crippen LogP contribution is 2.24. The largest absolute Gasteiger partial charge is 0.459 e. The number of rotatable bonds is 8. The molecule has 0 saturated carbocycles. The zero-order valence-corrected chi connectivity index (χ0v) is 16.0. The molecule has 3 rings (SSSR count). The molecule has 1 aromatic carbocycles. The van der Waals surface area contributed by atoms with Crippen LogP contribution in [-0.4, -0.2) is 31.1 Å². The number of nitrogens with zero attached hydrogens (tertiary/aromatic N) is 2. The van der Waals surface area contributed by atoms with Gasteiger partial charge in [0.15, 0.2) is 5.96 Å². The molecule has 2 heterocycles. The van der Waals surface area contributed by atoms with Gasteiger partial charge in [-0.2, -0.15) is 0 Å². The summed E-state index contributed by atoms with van der Waals surface area (Å²) in [6, 6.07) is 14.0. The van der Waals surface area contributed by atoms with E-state index in [0.29, 0.717) is 6.54 Å². The van der Waals surface area contributed by atoms with Gasteiger partial charge in [-0.3, -0.25) is 4.99 Å². The highest BCUT2D eigenvalue weighted by Gasteiger charge is 2.10. The van der Waals surface area contributed by atoms with Gasteiger partial charge in [0, 0.05) is 37.3 Å². The molecule has 0 aliphatic heterocycles. The molecule has 6 heteroatoms. The summed E-state index contributed by atoms with van der Waals surface area (Å²) in [5.74, 6) is 2.65. The van der Waals surface area contributed by atoms with Crippen molar-refractivity contribution in [3.63, 3.8) is 0 Å². The number of aromatic nitrogens is 1. The summed E-state index contributed by atoms with van der Waals surface area (Å²) in [5.41, 5.74) is 2.10. The molecule has 142 valence electrons. The predicted octanol–water partition coefficient (Wildman–Crippen LogP) is 3.69. The second-order valence-corrected chi connectivity index (χ2v) is 6.35. The number of para-hydroxylation sites is 1. The van der Waals surface area contributed by atoms with Gasteiger partial charge in [0.2, 0.25) is 0 Å². The molecular weight excluding hydrogens is 338 g/mol. The van der Waals surface area contributed by atoms with E-state index >= 15 is 0 Å². The molecule has 0 bridgehead atoms. The number of hydrogen-bond acceptors (Lipinski definition) is 4. The number of hydrogen-bond donors (Lipinski definition) is 3. The van der Waals surface area contributed by atoms with Crippen LogP contribution >= 0.6 is 0 Å². The molecule has 0 aliphatic carbocycles. The lowest BCUT2D eigenvalue weighted by Gasteiger charge is -2.11. The van der Waals surface area contributed by atoms with Crippen LogP contribution in [0.4, 0.5) is 5.82 Å². The van der Waals surface area contributed by atoms with Crippen molar-refractivity contribution in [2.75, 3.05) is 25.5 Å². The number of furan rings is 1. The number of guanidine groups is 1. The van der Waals surface area contributed by atoms with Gasteiger partial charge in [0.25, 0.3) is 0 Å². The second kappa shape index (κ2) is 9.62. The number of fused-ring (bicyclic) bond motifs is 1. The predicted molar refractivity (Wildman–Crippen MR) is 111 cm³/mol. The maximum absolute atomic E-state index is 5.93. The van der Waals surface area contributed by atoms with E-state index in [9.17, 15) is 0 Å². The lowest BCUT2D eigenvalue weighted by atomic mass is 10.1. The van der Waals surface area contributed by atoms with Crippen LogP contribution in [0.5, 0.6) is 0 Å². The van der Waals surface area contributed by atoms with Gasteiger partial charge in [-0.15, -0.1) is 0 Å². The topological polar surface area (TPSA) is 74.5 Å². The summed E-state index contributed by atoms with van der Waals surface area (Å²) >= 11 is 0. The Kier molecular flexibility index (Phi) is 6.68. The van der Waals surface area contributed by atoms with Crippen LogP contribution in [0.25, 0.3) is 11.0 Å². The quantitative estimate of drug-likeness (QED) is 0.322. The van der Waals surface area contributed by atoms with E-state index in [-0.39, 0.29) is 0 Å². The van der Waals surface area contributed by atoms with Crippen molar-refractivity contribution < 1.29 is 4.42 Å². The maximum atomic E-state index is 5.93. The van der Waals surface area contributed by atoms with Gasteiger partial charge in [-0.25, -0.2) is 4.98 Å². The van der Waals surface area contributed by atoms with Crippen LogP contribution in [0.2, 0.25) is 0 Å². The van der Waals surface area contributed by atoms with Crippen molar-refractivity contribution in [2.24, 2.45) is 4.99 Å². The minimum Gasteiger partial charge on any atom is -0.459 e. The van der Waals surface area contributed by atoms with Gasteiger partial charge in [0.1, 0.15) is 17.2 Å². The molecule has 0 unspecified atom stereocenters. The third-order valence-corrected chi connectivity index (χ3v) is 4.45. The number of aryl methyl sites for hydroxylation is 1. The fourth-order valence-electron chi connectivity index (χ4n) is 2.92. The molecule has 6 nitrogen and oxygen atoms in total. The van der Waals surface area contributed by atoms with Crippen LogP contribution in [0.1, 0.15) is 24.2 Å². The minimum absolute atomic E-state index is 0.613. The summed E-state index contributed by atoms with van der Waals surface area (Å²) in [6.07, 6.45) is 3.90. The molecule has 0 fully saturated rings. The summed E-state index contributed by atoms with van der Waals surface area (Å²) < 4.78 is 5.93. The number of nitrogens with one attached hydrogen (secondary N) is 3. The molecule has 0 radical (unpaired) electrons. The molecule has 0 spiro atoms. The van der Waals surface area contributed by atoms with E-state index in [2.05, 4.69) is 38.9 Å². The highest BCUT2D eigenvalue weighted by atomic mass is 16.3. The number of aliphatic imine (C=N–C) groups is 1. The van der Waals surface area contributed by atoms with Crippen LogP contribution in [0.15, 0.2) is 58.1 Å². The monoisotopic (exact) mass is 365 g/mol. The van der Waals surface area contributed by atoms with E-state index < -0.39 is 0 Å². The first kappa shape index (κ1) is 18.8. The molecule has 3 N–H and O–H groups in total. The zero-order chi connectivity index (χ0) is 18.9. The Morgan fingerprint density at radius 1 is 1.04 bits per heavy atom. The SMILES string of the molecule is CN=C(NCCCCNc1ccccn1)NCc1oc2ccccc2c1C. The highest BCUT2D eigenvalue weighted by molar-refractivity contribution is 5.82. The molecule has 0 amide bonds. The van der Waals surface area contributed by atoms with Crippen molar-refractivity contribution >= 4 is 22.7 Å². The zero-order valence-electron chi connectivity index (χ0n) is 16.0. The van der Waals surface area contributed by atoms with Crippen LogP contribution in [-0.2, 0) is 6.54 Å². The Bertz CT molecular complexity index is 873. The van der Waals surface area contributed by atoms with Gasteiger partial charge in [-0.1, -0.05) is 24.3 Å². The second-order valence-electron chi connectivity index (χ2n) is 6.35. The molecule has 2 aromatic heterocycles. The third-order valence-electron chi connectivity index (χ3n) is 4.45. The fourth-order valence-corrected chi connectivity index (χ4v) is 2.92. The Labute approximate surface area is 160 Å².